The van der Waals surface area contributed by atoms with Crippen LogP contribution in [0.2, 0.25) is 0 Å². The number of nitrogens with one attached hydrogen (secondary N) is 2. The molecule has 1 heterocycles. The first kappa shape index (κ1) is 14.8. The average Bonchev–Trinajstić information content (AvgIpc) is 3.12. The van der Waals surface area contributed by atoms with Crippen LogP contribution < -0.4 is 10.1 Å². The van der Waals surface area contributed by atoms with E-state index in [0.717, 1.165) is 18.6 Å². The van der Waals surface area contributed by atoms with E-state index >= 15 is 0 Å². The van der Waals surface area contributed by atoms with Crippen LogP contribution in [0.4, 0.5) is 0 Å². The molecule has 0 bridgehead atoms. The van der Waals surface area contributed by atoms with E-state index in [0.29, 0.717) is 5.56 Å². The van der Waals surface area contributed by atoms with E-state index in [1.807, 2.05) is 12.1 Å². The highest BCUT2D eigenvalue weighted by Gasteiger charge is 2.26. The van der Waals surface area contributed by atoms with Crippen molar-refractivity contribution >= 4 is 16.8 Å². The topological polar surface area (TPSA) is 54.1 Å². The monoisotopic (exact) mass is 320 g/mol. The first-order chi connectivity index (χ1) is 11.6. The van der Waals surface area contributed by atoms with E-state index in [1.165, 1.54) is 27.7 Å². The van der Waals surface area contributed by atoms with E-state index < -0.39 is 0 Å². The van der Waals surface area contributed by atoms with Gasteiger partial charge in [0.1, 0.15) is 5.75 Å². The molecular weight excluding hydrogens is 300 g/mol. The fourth-order valence-corrected chi connectivity index (χ4v) is 3.50. The molecule has 1 atom stereocenters. The molecule has 0 aliphatic heterocycles. The summed E-state index contributed by atoms with van der Waals surface area (Å²) in [6.45, 7) is 2.11. The molecule has 0 fully saturated rings. The van der Waals surface area contributed by atoms with Crippen molar-refractivity contribution < 1.29 is 9.53 Å². The number of rotatable bonds is 3. The lowest BCUT2D eigenvalue weighted by Crippen LogP contribution is -2.35. The number of ether oxygens (including phenoxy) is 1. The summed E-state index contributed by atoms with van der Waals surface area (Å²) in [5.41, 5.74) is 5.69. The molecule has 1 aliphatic carbocycles. The van der Waals surface area contributed by atoms with Crippen molar-refractivity contribution in [2.24, 2.45) is 0 Å². The van der Waals surface area contributed by atoms with Crippen molar-refractivity contribution in [2.45, 2.75) is 25.8 Å². The normalized spacial score (nSPS) is 16.2. The molecule has 0 saturated carbocycles. The molecule has 1 amide bonds. The Bertz CT molecular complexity index is 909. The van der Waals surface area contributed by atoms with Gasteiger partial charge in [0.25, 0.3) is 5.91 Å². The van der Waals surface area contributed by atoms with Crippen LogP contribution in [0.25, 0.3) is 10.9 Å². The predicted octanol–water partition coefficient (Wildman–Crippen LogP) is 3.38. The molecule has 2 aromatic carbocycles. The Kier molecular flexibility index (Phi) is 3.53. The Balaban J connectivity index is 1.50. The van der Waals surface area contributed by atoms with Crippen molar-refractivity contribution in [1.29, 1.82) is 0 Å². The molecule has 24 heavy (non-hydrogen) atoms. The molecule has 0 saturated heterocycles. The zero-order valence-corrected chi connectivity index (χ0v) is 13.8. The number of amides is 1. The van der Waals surface area contributed by atoms with Gasteiger partial charge in [0.15, 0.2) is 0 Å². The zero-order valence-electron chi connectivity index (χ0n) is 13.8. The van der Waals surface area contributed by atoms with E-state index in [9.17, 15) is 4.79 Å². The fourth-order valence-electron chi connectivity index (χ4n) is 3.50. The summed E-state index contributed by atoms with van der Waals surface area (Å²) >= 11 is 0. The van der Waals surface area contributed by atoms with Crippen LogP contribution >= 0.6 is 0 Å². The third-order valence-corrected chi connectivity index (χ3v) is 4.74. The minimum Gasteiger partial charge on any atom is -0.497 e. The van der Waals surface area contributed by atoms with Crippen LogP contribution in [0.5, 0.6) is 5.75 Å². The summed E-state index contributed by atoms with van der Waals surface area (Å²) < 4.78 is 5.13. The van der Waals surface area contributed by atoms with Gasteiger partial charge >= 0.3 is 0 Å². The second-order valence-electron chi connectivity index (χ2n) is 6.44. The highest BCUT2D eigenvalue weighted by Crippen LogP contribution is 2.30. The molecule has 3 aromatic rings. The van der Waals surface area contributed by atoms with Crippen LogP contribution in [0.1, 0.15) is 27.2 Å². The summed E-state index contributed by atoms with van der Waals surface area (Å²) in [7, 11) is 1.62. The summed E-state index contributed by atoms with van der Waals surface area (Å²) in [5.74, 6) is 0.720. The Morgan fingerprint density at radius 2 is 1.96 bits per heavy atom. The zero-order chi connectivity index (χ0) is 16.7. The van der Waals surface area contributed by atoms with Crippen molar-refractivity contribution in [3.63, 3.8) is 0 Å². The van der Waals surface area contributed by atoms with Gasteiger partial charge < -0.3 is 15.0 Å². The second-order valence-corrected chi connectivity index (χ2v) is 6.44. The number of aryl methyl sites for hydroxylation is 1. The number of H-pyrrole nitrogens is 1. The van der Waals surface area contributed by atoms with Crippen molar-refractivity contribution in [2.75, 3.05) is 7.11 Å². The Morgan fingerprint density at radius 1 is 1.17 bits per heavy atom. The van der Waals surface area contributed by atoms with E-state index in [2.05, 4.69) is 35.4 Å². The Labute approximate surface area is 140 Å². The maximum Gasteiger partial charge on any atom is 0.251 e. The molecule has 1 unspecified atom stereocenters. The van der Waals surface area contributed by atoms with Crippen LogP contribution in [-0.4, -0.2) is 24.0 Å². The van der Waals surface area contributed by atoms with Gasteiger partial charge in [-0.1, -0.05) is 11.6 Å². The molecule has 122 valence electrons. The summed E-state index contributed by atoms with van der Waals surface area (Å²) in [6, 6.07) is 13.8. The van der Waals surface area contributed by atoms with Gasteiger partial charge in [-0.15, -0.1) is 0 Å². The molecule has 2 N–H and O–H groups in total. The summed E-state index contributed by atoms with van der Waals surface area (Å²) in [5, 5.41) is 4.43. The lowest BCUT2D eigenvalue weighted by molar-refractivity contribution is 0.0938. The minimum atomic E-state index is -0.0340. The van der Waals surface area contributed by atoms with Gasteiger partial charge in [0, 0.05) is 34.6 Å². The molecule has 1 aromatic heterocycles. The fraction of sp³-hybridized carbons (Fsp3) is 0.250. The standard InChI is InChI=1S/C20H20N2O2/c1-12-3-8-18-16(9-12)17-10-14(11-19(17)22-18)21-20(23)13-4-6-15(24-2)7-5-13/h3-9,14,22H,10-11H2,1-2H3,(H,21,23). The van der Waals surface area contributed by atoms with Crippen molar-refractivity contribution in [1.82, 2.24) is 10.3 Å². The lowest BCUT2D eigenvalue weighted by atomic mass is 10.1. The molecule has 4 nitrogen and oxygen atoms in total. The summed E-state index contributed by atoms with van der Waals surface area (Å²) in [4.78, 5) is 15.9. The van der Waals surface area contributed by atoms with Gasteiger partial charge in [-0.2, -0.15) is 0 Å². The number of carbonyl (C=O) groups excluding carboxylic acids is 1. The molecule has 4 rings (SSSR count). The second kappa shape index (κ2) is 5.71. The predicted molar refractivity (Wildman–Crippen MR) is 94.7 cm³/mol. The number of fused-ring (bicyclic) bond motifs is 3. The van der Waals surface area contributed by atoms with Crippen molar-refractivity contribution in [3.8, 4) is 5.75 Å². The third-order valence-electron chi connectivity index (χ3n) is 4.74. The summed E-state index contributed by atoms with van der Waals surface area (Å²) in [6.07, 6.45) is 1.73. The van der Waals surface area contributed by atoms with Gasteiger partial charge in [-0.05, 0) is 55.3 Å². The SMILES string of the molecule is COc1ccc(C(=O)NC2Cc3[nH]c4ccc(C)cc4c3C2)cc1. The van der Waals surface area contributed by atoms with Gasteiger partial charge in [-0.25, -0.2) is 0 Å². The lowest BCUT2D eigenvalue weighted by Gasteiger charge is -2.13. The highest BCUT2D eigenvalue weighted by atomic mass is 16.5. The third kappa shape index (κ3) is 2.54. The number of hydrogen-bond donors (Lipinski definition) is 2. The van der Waals surface area contributed by atoms with E-state index in [-0.39, 0.29) is 11.9 Å². The molecular formula is C20H20N2O2. The van der Waals surface area contributed by atoms with Crippen LogP contribution in [0.15, 0.2) is 42.5 Å². The first-order valence-electron chi connectivity index (χ1n) is 8.19. The largest absolute Gasteiger partial charge is 0.497 e. The average molecular weight is 320 g/mol. The van der Waals surface area contributed by atoms with Crippen LogP contribution in [0.3, 0.4) is 0 Å². The number of hydrogen-bond acceptors (Lipinski definition) is 2. The number of aromatic amines is 1. The minimum absolute atomic E-state index is 0.0340. The molecule has 0 radical (unpaired) electrons. The van der Waals surface area contributed by atoms with E-state index in [4.69, 9.17) is 4.74 Å². The van der Waals surface area contributed by atoms with Gasteiger partial charge in [-0.3, -0.25) is 4.79 Å². The molecule has 4 heteroatoms. The molecule has 0 spiro atoms. The van der Waals surface area contributed by atoms with Gasteiger partial charge in [0.05, 0.1) is 7.11 Å². The quantitative estimate of drug-likeness (QED) is 0.777. The maximum absolute atomic E-state index is 12.4. The maximum atomic E-state index is 12.4. The number of carbonyl (C=O) groups is 1. The number of aromatic nitrogens is 1. The van der Waals surface area contributed by atoms with E-state index in [1.54, 1.807) is 19.2 Å². The van der Waals surface area contributed by atoms with Crippen LogP contribution in [0, 0.1) is 6.92 Å². The van der Waals surface area contributed by atoms with Crippen molar-refractivity contribution in [3.05, 3.63) is 64.8 Å². The number of methoxy groups -OCH3 is 1. The molecule has 1 aliphatic rings. The van der Waals surface area contributed by atoms with Gasteiger partial charge in [0.2, 0.25) is 0 Å². The number of benzene rings is 2. The Hall–Kier alpha value is -2.75. The first-order valence-corrected chi connectivity index (χ1v) is 8.19. The highest BCUT2D eigenvalue weighted by molar-refractivity contribution is 5.95. The van der Waals surface area contributed by atoms with Crippen LogP contribution in [-0.2, 0) is 12.8 Å². The Morgan fingerprint density at radius 3 is 2.71 bits per heavy atom. The smallest absolute Gasteiger partial charge is 0.251 e.